The van der Waals surface area contributed by atoms with E-state index in [0.717, 1.165) is 12.1 Å². The van der Waals surface area contributed by atoms with Gasteiger partial charge in [0.15, 0.2) is 0 Å². The third-order valence-corrected chi connectivity index (χ3v) is 4.01. The number of benzene rings is 1. The molecule has 1 heterocycles. The molecule has 0 bridgehead atoms. The van der Waals surface area contributed by atoms with Crippen LogP contribution >= 0.6 is 0 Å². The number of methoxy groups -OCH3 is 1. The van der Waals surface area contributed by atoms with Crippen molar-refractivity contribution in [3.05, 3.63) is 29.8 Å². The first kappa shape index (κ1) is 17.0. The minimum absolute atomic E-state index is 0.0534. The van der Waals surface area contributed by atoms with Gasteiger partial charge < -0.3 is 15.0 Å². The Bertz CT molecular complexity index is 583. The number of rotatable bonds is 6. The molecule has 1 atom stereocenters. The lowest BCUT2D eigenvalue weighted by molar-refractivity contribution is -0.140. The molecule has 1 fully saturated rings. The standard InChI is InChI=1S/C17H22N2O4/c1-3-12-4-6-14(7-5-12)19-11-13(10-15(19)20)17(22)18-9-8-16(21)23-2/h4-7,13H,3,8-11H2,1-2H3,(H,18,22). The zero-order valence-corrected chi connectivity index (χ0v) is 13.5. The SMILES string of the molecule is CCc1ccc(N2CC(C(=O)NCCC(=O)OC)CC2=O)cc1. The fourth-order valence-corrected chi connectivity index (χ4v) is 2.58. The van der Waals surface area contributed by atoms with Crippen LogP contribution in [0.2, 0.25) is 0 Å². The maximum absolute atomic E-state index is 12.1. The summed E-state index contributed by atoms with van der Waals surface area (Å²) < 4.78 is 4.52. The molecule has 6 nitrogen and oxygen atoms in total. The molecule has 2 rings (SSSR count). The van der Waals surface area contributed by atoms with Crippen molar-refractivity contribution in [1.82, 2.24) is 5.32 Å². The molecule has 6 heteroatoms. The molecular formula is C17H22N2O4. The van der Waals surface area contributed by atoms with Gasteiger partial charge in [0, 0.05) is 25.2 Å². The van der Waals surface area contributed by atoms with Crippen LogP contribution in [0.5, 0.6) is 0 Å². The highest BCUT2D eigenvalue weighted by molar-refractivity contribution is 6.00. The summed E-state index contributed by atoms with van der Waals surface area (Å²) in [6, 6.07) is 7.81. The number of esters is 1. The van der Waals surface area contributed by atoms with E-state index in [2.05, 4.69) is 17.0 Å². The van der Waals surface area contributed by atoms with Crippen LogP contribution in [-0.2, 0) is 25.5 Å². The van der Waals surface area contributed by atoms with Gasteiger partial charge in [0.1, 0.15) is 0 Å². The van der Waals surface area contributed by atoms with Gasteiger partial charge >= 0.3 is 5.97 Å². The second-order valence-electron chi connectivity index (χ2n) is 5.54. The topological polar surface area (TPSA) is 75.7 Å². The number of amides is 2. The molecule has 0 aromatic heterocycles. The van der Waals surface area contributed by atoms with Crippen molar-refractivity contribution in [1.29, 1.82) is 0 Å². The van der Waals surface area contributed by atoms with Crippen LogP contribution in [0.3, 0.4) is 0 Å². The number of aryl methyl sites for hydroxylation is 1. The van der Waals surface area contributed by atoms with E-state index in [9.17, 15) is 14.4 Å². The third-order valence-electron chi connectivity index (χ3n) is 4.01. The van der Waals surface area contributed by atoms with Gasteiger partial charge in [0.2, 0.25) is 11.8 Å². The predicted octanol–water partition coefficient (Wildman–Crippen LogP) is 1.28. The average Bonchev–Trinajstić information content (AvgIpc) is 2.96. The second-order valence-corrected chi connectivity index (χ2v) is 5.54. The smallest absolute Gasteiger partial charge is 0.307 e. The summed E-state index contributed by atoms with van der Waals surface area (Å²) in [5.74, 6) is -1.01. The summed E-state index contributed by atoms with van der Waals surface area (Å²) in [4.78, 5) is 36.9. The molecule has 0 aliphatic carbocycles. The maximum atomic E-state index is 12.1. The summed E-state index contributed by atoms with van der Waals surface area (Å²) in [5, 5.41) is 2.68. The highest BCUT2D eigenvalue weighted by Gasteiger charge is 2.34. The van der Waals surface area contributed by atoms with Gasteiger partial charge in [-0.1, -0.05) is 19.1 Å². The third kappa shape index (κ3) is 4.31. The van der Waals surface area contributed by atoms with E-state index in [1.165, 1.54) is 12.7 Å². The van der Waals surface area contributed by atoms with Crippen molar-refractivity contribution < 1.29 is 19.1 Å². The Balaban J connectivity index is 1.90. The Morgan fingerprint density at radius 1 is 1.30 bits per heavy atom. The normalized spacial score (nSPS) is 17.2. The summed E-state index contributed by atoms with van der Waals surface area (Å²) in [6.07, 6.45) is 1.27. The first-order chi connectivity index (χ1) is 11.0. The van der Waals surface area contributed by atoms with Crippen LogP contribution in [-0.4, -0.2) is 38.0 Å². The van der Waals surface area contributed by atoms with Crippen LogP contribution in [0.25, 0.3) is 0 Å². The number of nitrogens with zero attached hydrogens (tertiary/aromatic N) is 1. The monoisotopic (exact) mass is 318 g/mol. The minimum atomic E-state index is -0.383. The molecule has 1 N–H and O–H groups in total. The van der Waals surface area contributed by atoms with Crippen LogP contribution < -0.4 is 10.2 Å². The molecule has 1 aromatic rings. The van der Waals surface area contributed by atoms with E-state index in [-0.39, 0.29) is 43.1 Å². The lowest BCUT2D eigenvalue weighted by Crippen LogP contribution is -2.34. The molecule has 1 saturated heterocycles. The molecule has 1 aromatic carbocycles. The number of nitrogens with one attached hydrogen (secondary N) is 1. The van der Waals surface area contributed by atoms with Crippen LogP contribution in [0, 0.1) is 5.92 Å². The molecule has 1 aliphatic rings. The van der Waals surface area contributed by atoms with Crippen LogP contribution in [0.4, 0.5) is 5.69 Å². The average molecular weight is 318 g/mol. The van der Waals surface area contributed by atoms with Gasteiger partial charge in [-0.2, -0.15) is 0 Å². The molecule has 1 aliphatic heterocycles. The van der Waals surface area contributed by atoms with Gasteiger partial charge in [0.25, 0.3) is 0 Å². The Labute approximate surface area is 135 Å². The first-order valence-electron chi connectivity index (χ1n) is 7.79. The highest BCUT2D eigenvalue weighted by Crippen LogP contribution is 2.25. The Kier molecular flexibility index (Phi) is 5.73. The Hall–Kier alpha value is -2.37. The molecule has 1 unspecified atom stereocenters. The van der Waals surface area contributed by atoms with Crippen molar-refractivity contribution in [2.24, 2.45) is 5.92 Å². The van der Waals surface area contributed by atoms with E-state index in [4.69, 9.17) is 0 Å². The molecule has 124 valence electrons. The van der Waals surface area contributed by atoms with Crippen molar-refractivity contribution in [3.63, 3.8) is 0 Å². The van der Waals surface area contributed by atoms with Crippen molar-refractivity contribution >= 4 is 23.5 Å². The molecule has 2 amide bonds. The molecule has 23 heavy (non-hydrogen) atoms. The second kappa shape index (κ2) is 7.76. The van der Waals surface area contributed by atoms with Gasteiger partial charge in [0.05, 0.1) is 19.4 Å². The summed E-state index contributed by atoms with van der Waals surface area (Å²) >= 11 is 0. The van der Waals surface area contributed by atoms with Gasteiger partial charge in [-0.25, -0.2) is 0 Å². The Morgan fingerprint density at radius 2 is 2.00 bits per heavy atom. The number of hydrogen-bond acceptors (Lipinski definition) is 4. The minimum Gasteiger partial charge on any atom is -0.469 e. The molecule has 0 saturated carbocycles. The van der Waals surface area contributed by atoms with Gasteiger partial charge in [-0.3, -0.25) is 14.4 Å². The van der Waals surface area contributed by atoms with Crippen LogP contribution in [0.15, 0.2) is 24.3 Å². The van der Waals surface area contributed by atoms with Crippen molar-refractivity contribution in [3.8, 4) is 0 Å². The van der Waals surface area contributed by atoms with Gasteiger partial charge in [-0.15, -0.1) is 0 Å². The Morgan fingerprint density at radius 3 is 2.61 bits per heavy atom. The lowest BCUT2D eigenvalue weighted by atomic mass is 10.1. The largest absolute Gasteiger partial charge is 0.469 e. The van der Waals surface area contributed by atoms with Gasteiger partial charge in [-0.05, 0) is 24.1 Å². The van der Waals surface area contributed by atoms with E-state index in [0.29, 0.717) is 6.54 Å². The number of anilines is 1. The zero-order valence-electron chi connectivity index (χ0n) is 13.5. The van der Waals surface area contributed by atoms with E-state index < -0.39 is 0 Å². The fraction of sp³-hybridized carbons (Fsp3) is 0.471. The molecule has 0 radical (unpaired) electrons. The van der Waals surface area contributed by atoms with Crippen molar-refractivity contribution in [2.75, 3.05) is 25.1 Å². The van der Waals surface area contributed by atoms with E-state index in [1.54, 1.807) is 4.90 Å². The lowest BCUT2D eigenvalue weighted by Gasteiger charge is -2.17. The summed E-state index contributed by atoms with van der Waals surface area (Å²) in [7, 11) is 1.31. The van der Waals surface area contributed by atoms with Crippen LogP contribution in [0.1, 0.15) is 25.3 Å². The predicted molar refractivity (Wildman–Crippen MR) is 85.9 cm³/mol. The fourth-order valence-electron chi connectivity index (χ4n) is 2.58. The van der Waals surface area contributed by atoms with E-state index >= 15 is 0 Å². The quantitative estimate of drug-likeness (QED) is 0.802. The maximum Gasteiger partial charge on any atom is 0.307 e. The first-order valence-corrected chi connectivity index (χ1v) is 7.79. The van der Waals surface area contributed by atoms with E-state index in [1.807, 2.05) is 24.3 Å². The molecule has 0 spiro atoms. The number of carbonyl (C=O) groups is 3. The highest BCUT2D eigenvalue weighted by atomic mass is 16.5. The number of ether oxygens (including phenoxy) is 1. The summed E-state index contributed by atoms with van der Waals surface area (Å²) in [6.45, 7) is 2.67. The number of carbonyl (C=O) groups excluding carboxylic acids is 3. The summed E-state index contributed by atoms with van der Waals surface area (Å²) in [5.41, 5.74) is 2.02. The zero-order chi connectivity index (χ0) is 16.8. The molecular weight excluding hydrogens is 296 g/mol. The number of hydrogen-bond donors (Lipinski definition) is 1. The van der Waals surface area contributed by atoms with Crippen molar-refractivity contribution in [2.45, 2.75) is 26.2 Å².